The number of carboxylic acid groups (broad SMARTS) is 1. The van der Waals surface area contributed by atoms with Crippen LogP contribution >= 0.6 is 34.5 Å². The van der Waals surface area contributed by atoms with Crippen LogP contribution in [0, 0.1) is 0 Å². The van der Waals surface area contributed by atoms with Crippen molar-refractivity contribution >= 4 is 46.3 Å². The molecule has 0 bridgehead atoms. The fourth-order valence-corrected chi connectivity index (χ4v) is 5.02. The van der Waals surface area contributed by atoms with Crippen molar-refractivity contribution in [3.05, 3.63) is 45.8 Å². The van der Waals surface area contributed by atoms with Crippen LogP contribution in [0.3, 0.4) is 0 Å². The molecule has 7 nitrogen and oxygen atoms in total. The number of nitrogens with zero attached hydrogens (tertiary/aromatic N) is 3. The van der Waals surface area contributed by atoms with E-state index in [4.69, 9.17) is 38.0 Å². The normalized spacial score (nSPS) is 15.7. The molecule has 0 spiro atoms. The summed E-state index contributed by atoms with van der Waals surface area (Å²) in [5, 5.41) is 12.8. The number of anilines is 1. The Bertz CT molecular complexity index is 1100. The number of hydrogen-bond acceptors (Lipinski definition) is 6. The molecule has 1 amide bonds. The summed E-state index contributed by atoms with van der Waals surface area (Å²) in [7, 11) is 0. The lowest BCUT2D eigenvalue weighted by Crippen LogP contribution is -2.30. The largest absolute Gasteiger partial charge is 0.465 e. The van der Waals surface area contributed by atoms with Crippen LogP contribution in [-0.2, 0) is 10.2 Å². The zero-order valence-electron chi connectivity index (χ0n) is 16.0. The van der Waals surface area contributed by atoms with Crippen molar-refractivity contribution in [2.75, 3.05) is 18.5 Å². The summed E-state index contributed by atoms with van der Waals surface area (Å²) in [5.41, 5.74) is 2.05. The van der Waals surface area contributed by atoms with Gasteiger partial charge in [0, 0.05) is 30.4 Å². The fourth-order valence-electron chi connectivity index (χ4n) is 3.36. The number of rotatable bonds is 4. The lowest BCUT2D eigenvalue weighted by molar-refractivity contribution is 0.0564. The third-order valence-corrected chi connectivity index (χ3v) is 7.07. The van der Waals surface area contributed by atoms with Crippen molar-refractivity contribution in [1.29, 1.82) is 0 Å². The summed E-state index contributed by atoms with van der Waals surface area (Å²) in [5.74, 6) is 0. The minimum absolute atomic E-state index is 0.129. The van der Waals surface area contributed by atoms with E-state index in [9.17, 15) is 4.79 Å². The molecule has 4 rings (SSSR count). The molecule has 1 aromatic carbocycles. The van der Waals surface area contributed by atoms with Gasteiger partial charge >= 0.3 is 6.09 Å². The molecule has 0 aliphatic carbocycles. The molecule has 156 valence electrons. The molecule has 2 aromatic heterocycles. The van der Waals surface area contributed by atoms with Crippen LogP contribution in [0.1, 0.15) is 24.8 Å². The van der Waals surface area contributed by atoms with E-state index in [1.54, 1.807) is 24.4 Å². The number of benzene rings is 1. The molecule has 3 aromatic rings. The molecule has 30 heavy (non-hydrogen) atoms. The Morgan fingerprint density at radius 1 is 1.23 bits per heavy atom. The van der Waals surface area contributed by atoms with Gasteiger partial charge in [-0.05, 0) is 36.6 Å². The van der Waals surface area contributed by atoms with E-state index in [2.05, 4.69) is 22.2 Å². The zero-order chi connectivity index (χ0) is 21.3. The van der Waals surface area contributed by atoms with E-state index in [1.807, 2.05) is 6.07 Å². The van der Waals surface area contributed by atoms with E-state index in [0.717, 1.165) is 22.7 Å². The number of thiazole rings is 1. The predicted molar refractivity (Wildman–Crippen MR) is 118 cm³/mol. The number of amides is 1. The van der Waals surface area contributed by atoms with E-state index >= 15 is 0 Å². The molecule has 0 radical (unpaired) electrons. The van der Waals surface area contributed by atoms with Crippen molar-refractivity contribution in [1.82, 2.24) is 15.0 Å². The molecule has 2 N–H and O–H groups in total. The van der Waals surface area contributed by atoms with Crippen molar-refractivity contribution in [3.63, 3.8) is 0 Å². The maximum Gasteiger partial charge on any atom is 0.409 e. The second-order valence-corrected chi connectivity index (χ2v) is 8.89. The fraction of sp³-hybridized carbons (Fsp3) is 0.300. The predicted octanol–water partition coefficient (Wildman–Crippen LogP) is 5.73. The average Bonchev–Trinajstić information content (AvgIpc) is 3.16. The molecule has 0 unspecified atom stereocenters. The van der Waals surface area contributed by atoms with Gasteiger partial charge in [0.2, 0.25) is 5.28 Å². The number of nitrogens with one attached hydrogen (secondary N) is 1. The quantitative estimate of drug-likeness (QED) is 0.478. The van der Waals surface area contributed by atoms with Crippen molar-refractivity contribution in [3.8, 4) is 21.8 Å². The van der Waals surface area contributed by atoms with Gasteiger partial charge in [-0.25, -0.2) is 19.7 Å². The standard InChI is InChI=1S/C20H18Cl2N4O3S/c1-20(6-9-29-10-7-20)17-26-15(16(30-17)13-5-8-23-18(22)24-13)11-3-2-4-12(14(11)21)25-19(27)28/h2-5,8,25H,6-7,9-10H2,1H3,(H,27,28). The molecule has 1 fully saturated rings. The van der Waals surface area contributed by atoms with E-state index in [1.165, 1.54) is 11.3 Å². The van der Waals surface area contributed by atoms with E-state index in [-0.39, 0.29) is 15.7 Å². The Hall–Kier alpha value is -2.26. The number of aromatic nitrogens is 3. The highest BCUT2D eigenvalue weighted by molar-refractivity contribution is 7.15. The van der Waals surface area contributed by atoms with Gasteiger partial charge < -0.3 is 9.84 Å². The summed E-state index contributed by atoms with van der Waals surface area (Å²) in [6.45, 7) is 3.54. The van der Waals surface area contributed by atoms with Crippen molar-refractivity contribution in [2.45, 2.75) is 25.2 Å². The van der Waals surface area contributed by atoms with Gasteiger partial charge in [0.05, 0.1) is 32.0 Å². The smallest absolute Gasteiger partial charge is 0.409 e. The van der Waals surface area contributed by atoms with Gasteiger partial charge in [0.1, 0.15) is 0 Å². The summed E-state index contributed by atoms with van der Waals surface area (Å²) < 4.78 is 5.53. The average molecular weight is 465 g/mol. The minimum Gasteiger partial charge on any atom is -0.465 e. The van der Waals surface area contributed by atoms with Gasteiger partial charge in [-0.1, -0.05) is 30.7 Å². The lowest BCUT2D eigenvalue weighted by Gasteiger charge is -2.31. The number of halogens is 2. The highest BCUT2D eigenvalue weighted by Gasteiger charge is 2.34. The Kier molecular flexibility index (Phi) is 5.92. The number of hydrogen-bond donors (Lipinski definition) is 2. The van der Waals surface area contributed by atoms with Gasteiger partial charge in [-0.3, -0.25) is 5.32 Å². The SMILES string of the molecule is CC1(c2nc(-c3cccc(NC(=O)O)c3Cl)c(-c3ccnc(Cl)n3)s2)CCOCC1. The van der Waals surface area contributed by atoms with Gasteiger partial charge in [0.25, 0.3) is 0 Å². The lowest BCUT2D eigenvalue weighted by atomic mass is 9.83. The highest BCUT2D eigenvalue weighted by Crippen LogP contribution is 2.46. The minimum atomic E-state index is -1.19. The summed E-state index contributed by atoms with van der Waals surface area (Å²) in [6.07, 6.45) is 2.12. The Labute approximate surface area is 187 Å². The van der Waals surface area contributed by atoms with Gasteiger partial charge in [0.15, 0.2) is 0 Å². The third kappa shape index (κ3) is 4.13. The number of ether oxygens (including phenoxy) is 1. The molecular weight excluding hydrogens is 447 g/mol. The Morgan fingerprint density at radius 3 is 2.70 bits per heavy atom. The first-order valence-corrected chi connectivity index (χ1v) is 10.8. The van der Waals surface area contributed by atoms with Crippen LogP contribution in [0.25, 0.3) is 21.8 Å². The zero-order valence-corrected chi connectivity index (χ0v) is 18.3. The van der Waals surface area contributed by atoms with Crippen LogP contribution in [0.15, 0.2) is 30.5 Å². The van der Waals surface area contributed by atoms with Crippen molar-refractivity contribution in [2.24, 2.45) is 0 Å². The summed E-state index contributed by atoms with van der Waals surface area (Å²) in [4.78, 5) is 25.2. The first-order valence-electron chi connectivity index (χ1n) is 9.24. The van der Waals surface area contributed by atoms with Crippen LogP contribution < -0.4 is 5.32 Å². The van der Waals surface area contributed by atoms with Crippen LogP contribution in [0.5, 0.6) is 0 Å². The summed E-state index contributed by atoms with van der Waals surface area (Å²) >= 11 is 14.1. The molecular formula is C20H18Cl2N4O3S. The van der Waals surface area contributed by atoms with Crippen molar-refractivity contribution < 1.29 is 14.6 Å². The monoisotopic (exact) mass is 464 g/mol. The first-order chi connectivity index (χ1) is 14.4. The second kappa shape index (κ2) is 8.47. The Morgan fingerprint density at radius 2 is 2.00 bits per heavy atom. The van der Waals surface area contributed by atoms with Gasteiger partial charge in [-0.2, -0.15) is 0 Å². The molecule has 10 heteroatoms. The summed E-state index contributed by atoms with van der Waals surface area (Å²) in [6, 6.07) is 6.92. The van der Waals surface area contributed by atoms with Crippen LogP contribution in [-0.4, -0.2) is 39.4 Å². The first kappa shape index (κ1) is 21.0. The van der Waals surface area contributed by atoms with Gasteiger partial charge in [-0.15, -0.1) is 11.3 Å². The highest BCUT2D eigenvalue weighted by atomic mass is 35.5. The topological polar surface area (TPSA) is 97.2 Å². The van der Waals surface area contributed by atoms with E-state index < -0.39 is 6.09 Å². The molecule has 1 aliphatic heterocycles. The van der Waals surface area contributed by atoms with E-state index in [0.29, 0.717) is 35.9 Å². The molecule has 1 saturated heterocycles. The maximum absolute atomic E-state index is 11.1. The Balaban J connectivity index is 1.89. The maximum atomic E-state index is 11.1. The number of carbonyl (C=O) groups is 1. The molecule has 1 aliphatic rings. The van der Waals surface area contributed by atoms with Crippen LogP contribution in [0.2, 0.25) is 10.3 Å². The third-order valence-electron chi connectivity index (χ3n) is 5.09. The molecule has 3 heterocycles. The van der Waals surface area contributed by atoms with Crippen LogP contribution in [0.4, 0.5) is 10.5 Å². The second-order valence-electron chi connectivity index (χ2n) is 7.18. The molecule has 0 saturated carbocycles. The molecule has 0 atom stereocenters.